The lowest BCUT2D eigenvalue weighted by Gasteiger charge is -2.27. The van der Waals surface area contributed by atoms with Crippen molar-refractivity contribution in [2.75, 3.05) is 37.8 Å². The Balaban J connectivity index is 1.87. The van der Waals surface area contributed by atoms with E-state index in [0.29, 0.717) is 24.5 Å². The molecular formula is C13H18N6O2. The summed E-state index contributed by atoms with van der Waals surface area (Å²) >= 11 is 0. The van der Waals surface area contributed by atoms with E-state index < -0.39 is 0 Å². The lowest BCUT2D eigenvalue weighted by atomic mass is 10.3. The van der Waals surface area contributed by atoms with Crippen molar-refractivity contribution in [1.82, 2.24) is 10.2 Å². The fraction of sp³-hybridized carbons (Fsp3) is 0.385. The predicted molar refractivity (Wildman–Crippen MR) is 77.8 cm³/mol. The van der Waals surface area contributed by atoms with Gasteiger partial charge in [0.25, 0.3) is 5.91 Å². The summed E-state index contributed by atoms with van der Waals surface area (Å²) in [6.07, 6.45) is 0.941. The van der Waals surface area contributed by atoms with Crippen molar-refractivity contribution in [3.8, 4) is 5.75 Å². The molecule has 0 aliphatic carbocycles. The third kappa shape index (κ3) is 3.99. The Morgan fingerprint density at radius 1 is 1.38 bits per heavy atom. The van der Waals surface area contributed by atoms with E-state index in [4.69, 9.17) is 15.7 Å². The van der Waals surface area contributed by atoms with Crippen molar-refractivity contribution in [2.24, 2.45) is 5.22 Å². The summed E-state index contributed by atoms with van der Waals surface area (Å²) in [4.78, 5) is 13.7. The van der Waals surface area contributed by atoms with Crippen LogP contribution in [0, 0.1) is 10.9 Å². The van der Waals surface area contributed by atoms with Gasteiger partial charge in [-0.3, -0.25) is 10.2 Å². The molecule has 112 valence electrons. The van der Waals surface area contributed by atoms with E-state index in [1.807, 2.05) is 0 Å². The number of ether oxygens (including phenoxy) is 1. The van der Waals surface area contributed by atoms with Crippen LogP contribution in [0.1, 0.15) is 0 Å². The van der Waals surface area contributed by atoms with Crippen molar-refractivity contribution in [3.05, 3.63) is 24.3 Å². The molecule has 0 atom stereocenters. The average Bonchev–Trinajstić information content (AvgIpc) is 2.55. The molecule has 1 aliphatic rings. The largest absolute Gasteiger partial charge is 0.484 e. The zero-order valence-corrected chi connectivity index (χ0v) is 11.6. The highest BCUT2D eigenvalue weighted by atomic mass is 16.5. The summed E-state index contributed by atoms with van der Waals surface area (Å²) in [5.74, 6) is 0.542. The van der Waals surface area contributed by atoms with Crippen LogP contribution in [0.25, 0.3) is 0 Å². The molecule has 2 rings (SSSR count). The highest BCUT2D eigenvalue weighted by molar-refractivity contribution is 5.78. The number of hydrogen-bond acceptors (Lipinski definition) is 6. The molecule has 0 aromatic heterocycles. The molecular weight excluding hydrogens is 272 g/mol. The maximum Gasteiger partial charge on any atom is 0.260 e. The number of hydrogen-bond donors (Lipinski definition) is 3. The number of benzene rings is 1. The molecule has 8 heteroatoms. The number of nitrogens with zero attached hydrogens (tertiary/aromatic N) is 3. The summed E-state index contributed by atoms with van der Waals surface area (Å²) < 4.78 is 5.46. The van der Waals surface area contributed by atoms with Crippen LogP contribution < -0.4 is 15.1 Å². The zero-order chi connectivity index (χ0) is 15.1. The molecule has 3 N–H and O–H groups in total. The molecule has 0 radical (unpaired) electrons. The van der Waals surface area contributed by atoms with Gasteiger partial charge in [0.1, 0.15) is 12.1 Å². The molecule has 21 heavy (non-hydrogen) atoms. The molecule has 1 amide bonds. The second kappa shape index (κ2) is 7.34. The van der Waals surface area contributed by atoms with Gasteiger partial charge in [-0.15, -0.1) is 0 Å². The number of nitrogens with one attached hydrogen (secondary N) is 3. The first-order chi connectivity index (χ1) is 10.2. The highest BCUT2D eigenvalue weighted by Gasteiger charge is 2.16. The van der Waals surface area contributed by atoms with Crippen molar-refractivity contribution in [1.29, 1.82) is 10.9 Å². The highest BCUT2D eigenvalue weighted by Crippen LogP contribution is 2.18. The van der Waals surface area contributed by atoms with E-state index in [0.717, 1.165) is 24.4 Å². The molecule has 0 spiro atoms. The predicted octanol–water partition coefficient (Wildman–Crippen LogP) is 0.857. The van der Waals surface area contributed by atoms with Gasteiger partial charge in [-0.25, -0.2) is 5.01 Å². The Hall–Kier alpha value is -2.48. The lowest BCUT2D eigenvalue weighted by Crippen LogP contribution is -2.47. The summed E-state index contributed by atoms with van der Waals surface area (Å²) in [5, 5.41) is 14.6. The number of piperazine rings is 1. The van der Waals surface area contributed by atoms with Gasteiger partial charge in [-0.2, -0.15) is 5.53 Å². The Kier molecular flexibility index (Phi) is 5.22. The Labute approximate surface area is 122 Å². The number of amides is 1. The Morgan fingerprint density at radius 3 is 2.62 bits per heavy atom. The van der Waals surface area contributed by atoms with Crippen LogP contribution >= 0.6 is 0 Å². The van der Waals surface area contributed by atoms with Gasteiger partial charge >= 0.3 is 0 Å². The van der Waals surface area contributed by atoms with Crippen LogP contribution in [0.3, 0.4) is 0 Å². The monoisotopic (exact) mass is 290 g/mol. The van der Waals surface area contributed by atoms with E-state index >= 15 is 0 Å². The van der Waals surface area contributed by atoms with Crippen molar-refractivity contribution in [3.63, 3.8) is 0 Å². The molecule has 0 saturated carbocycles. The standard InChI is InChI=1S/C13H18N6O2/c14-10-19(17-15)11-1-3-12(4-2-11)21-9-13(20)18-7-5-16-6-8-18/h1-4,10,14-16H,5-9H2. The van der Waals surface area contributed by atoms with Crippen molar-refractivity contribution < 1.29 is 9.53 Å². The van der Waals surface area contributed by atoms with Crippen LogP contribution in [0.2, 0.25) is 0 Å². The van der Waals surface area contributed by atoms with E-state index in [9.17, 15) is 4.79 Å². The molecule has 1 saturated heterocycles. The first kappa shape index (κ1) is 14.9. The fourth-order valence-corrected chi connectivity index (χ4v) is 2.01. The smallest absolute Gasteiger partial charge is 0.260 e. The van der Waals surface area contributed by atoms with Gasteiger partial charge in [0.15, 0.2) is 6.61 Å². The molecule has 0 bridgehead atoms. The maximum absolute atomic E-state index is 11.9. The van der Waals surface area contributed by atoms with E-state index in [1.54, 1.807) is 29.2 Å². The van der Waals surface area contributed by atoms with Crippen LogP contribution in [0.5, 0.6) is 5.75 Å². The molecule has 0 unspecified atom stereocenters. The average molecular weight is 290 g/mol. The number of anilines is 1. The van der Waals surface area contributed by atoms with Gasteiger partial charge in [-0.05, 0) is 24.3 Å². The summed E-state index contributed by atoms with van der Waals surface area (Å²) in [5.41, 5.74) is 7.50. The fourth-order valence-electron chi connectivity index (χ4n) is 2.01. The zero-order valence-electron chi connectivity index (χ0n) is 11.6. The number of carbonyl (C=O) groups is 1. The van der Waals surface area contributed by atoms with Crippen molar-refractivity contribution in [2.45, 2.75) is 0 Å². The quantitative estimate of drug-likeness (QED) is 0.313. The van der Waals surface area contributed by atoms with Gasteiger partial charge in [0.05, 0.1) is 5.69 Å². The second-order valence-electron chi connectivity index (χ2n) is 4.49. The minimum Gasteiger partial charge on any atom is -0.484 e. The van der Waals surface area contributed by atoms with E-state index in [1.165, 1.54) is 0 Å². The van der Waals surface area contributed by atoms with E-state index in [2.05, 4.69) is 10.5 Å². The molecule has 1 aromatic carbocycles. The third-order valence-electron chi connectivity index (χ3n) is 3.16. The molecule has 1 heterocycles. The van der Waals surface area contributed by atoms with Crippen molar-refractivity contribution >= 4 is 17.9 Å². The number of carbonyl (C=O) groups excluding carboxylic acids is 1. The number of rotatable bonds is 6. The lowest BCUT2D eigenvalue weighted by molar-refractivity contribution is -0.133. The van der Waals surface area contributed by atoms with Gasteiger partial charge in [0, 0.05) is 26.2 Å². The first-order valence-electron chi connectivity index (χ1n) is 6.63. The minimum atomic E-state index is -0.0251. The topological polar surface area (TPSA) is 105 Å². The van der Waals surface area contributed by atoms with Gasteiger partial charge < -0.3 is 15.0 Å². The summed E-state index contributed by atoms with van der Waals surface area (Å²) in [6.45, 7) is 3.06. The van der Waals surface area contributed by atoms with Crippen LogP contribution in [0.15, 0.2) is 29.5 Å². The Morgan fingerprint density at radius 2 is 2.05 bits per heavy atom. The molecule has 1 aromatic rings. The van der Waals surface area contributed by atoms with Crippen LogP contribution in [-0.2, 0) is 4.79 Å². The third-order valence-corrected chi connectivity index (χ3v) is 3.16. The Bertz CT molecular complexity index is 490. The van der Waals surface area contributed by atoms with Crippen LogP contribution in [0.4, 0.5) is 5.69 Å². The summed E-state index contributed by atoms with van der Waals surface area (Å²) in [6, 6.07) is 6.71. The molecule has 1 fully saturated rings. The van der Waals surface area contributed by atoms with Crippen LogP contribution in [-0.4, -0.2) is 49.9 Å². The van der Waals surface area contributed by atoms with Gasteiger partial charge in [-0.1, -0.05) is 5.22 Å². The van der Waals surface area contributed by atoms with Gasteiger partial charge in [0.2, 0.25) is 0 Å². The van der Waals surface area contributed by atoms with E-state index in [-0.39, 0.29) is 12.5 Å². The normalized spacial score (nSPS) is 14.4. The summed E-state index contributed by atoms with van der Waals surface area (Å²) in [7, 11) is 0. The first-order valence-corrected chi connectivity index (χ1v) is 6.63. The SMILES string of the molecule is N=CN(N=N)c1ccc(OCC(=O)N2CCNCC2)cc1. The molecule has 8 nitrogen and oxygen atoms in total. The molecule has 1 aliphatic heterocycles. The maximum atomic E-state index is 11.9. The second-order valence-corrected chi connectivity index (χ2v) is 4.49. The minimum absolute atomic E-state index is 0.0104.